The maximum atomic E-state index is 12.5. The zero-order valence-corrected chi connectivity index (χ0v) is 33.8. The van der Waals surface area contributed by atoms with Gasteiger partial charge in [0, 0.05) is 67.0 Å². The van der Waals surface area contributed by atoms with Crippen LogP contribution in [0.5, 0.6) is 0 Å². The summed E-state index contributed by atoms with van der Waals surface area (Å²) in [5.74, 6) is -2.24. The first-order valence-corrected chi connectivity index (χ1v) is 18.5. The summed E-state index contributed by atoms with van der Waals surface area (Å²) in [4.78, 5) is 71.0. The summed E-state index contributed by atoms with van der Waals surface area (Å²) < 4.78 is 21.5. The van der Waals surface area contributed by atoms with Crippen LogP contribution in [0.2, 0.25) is 0 Å². The first-order valence-electron chi connectivity index (χ1n) is 18.5. The maximum absolute atomic E-state index is 12.5. The van der Waals surface area contributed by atoms with Crippen molar-refractivity contribution < 1.29 is 52.5 Å². The van der Waals surface area contributed by atoms with Gasteiger partial charge in [0.2, 0.25) is 19.3 Å². The highest BCUT2D eigenvalue weighted by molar-refractivity contribution is 6.03. The second-order valence-corrected chi connectivity index (χ2v) is 15.0. The van der Waals surface area contributed by atoms with Crippen LogP contribution < -0.4 is 4.90 Å². The van der Waals surface area contributed by atoms with Crippen LogP contribution in [0.4, 0.5) is 22.7 Å². The Morgan fingerprint density at radius 3 is 1.78 bits per heavy atom. The summed E-state index contributed by atoms with van der Waals surface area (Å²) in [6.07, 6.45) is 9.49. The number of carbonyl (C=O) groups is 4. The van der Waals surface area contributed by atoms with Crippen molar-refractivity contribution in [2.75, 3.05) is 25.5 Å². The number of carbonyl (C=O) groups excluding carboxylic acids is 4. The Hall–Kier alpha value is -6.97. The van der Waals surface area contributed by atoms with E-state index in [4.69, 9.17) is 18.9 Å². The predicted molar refractivity (Wildman–Crippen MR) is 215 cm³/mol. The molecule has 0 bridgehead atoms. The molecule has 0 unspecified atom stereocenters. The lowest BCUT2D eigenvalue weighted by Crippen LogP contribution is -2.26. The van der Waals surface area contributed by atoms with Gasteiger partial charge in [-0.3, -0.25) is 39.4 Å². The summed E-state index contributed by atoms with van der Waals surface area (Å²) in [6, 6.07) is 14.8. The van der Waals surface area contributed by atoms with E-state index in [1.807, 2.05) is 86.5 Å². The molecule has 2 heterocycles. The van der Waals surface area contributed by atoms with Gasteiger partial charge in [0.1, 0.15) is 7.05 Å². The van der Waals surface area contributed by atoms with Crippen LogP contribution in [0.15, 0.2) is 90.7 Å². The van der Waals surface area contributed by atoms with E-state index in [2.05, 4.69) is 18.4 Å². The zero-order valence-electron chi connectivity index (χ0n) is 33.8. The minimum absolute atomic E-state index is 0.0116. The molecule has 0 saturated heterocycles. The molecule has 0 N–H and O–H groups in total. The fraction of sp³-hybridized carbons (Fsp3) is 0.326. The molecule has 2 aliphatic rings. The van der Waals surface area contributed by atoms with Gasteiger partial charge in [0.25, 0.3) is 11.4 Å². The predicted octanol–water partition coefficient (Wildman–Crippen LogP) is 6.72. The van der Waals surface area contributed by atoms with E-state index in [0.717, 1.165) is 45.5 Å². The van der Waals surface area contributed by atoms with Crippen molar-refractivity contribution in [1.82, 2.24) is 0 Å². The zero-order chi connectivity index (χ0) is 43.2. The lowest BCUT2D eigenvalue weighted by Gasteiger charge is -2.27. The van der Waals surface area contributed by atoms with Gasteiger partial charge in [-0.1, -0.05) is 50.3 Å². The monoisotopic (exact) mass is 809 g/mol. The Morgan fingerprint density at radius 2 is 1.24 bits per heavy atom. The molecule has 308 valence electrons. The van der Waals surface area contributed by atoms with Gasteiger partial charge in [0.15, 0.2) is 5.71 Å². The number of benzene rings is 3. The average molecular weight is 810 g/mol. The van der Waals surface area contributed by atoms with E-state index in [1.54, 1.807) is 6.07 Å². The van der Waals surface area contributed by atoms with Crippen molar-refractivity contribution in [3.63, 3.8) is 0 Å². The topological polar surface area (TPSA) is 198 Å². The number of nitro benzene ring substituents is 2. The SMILES string of the molecule is CC(=O)OCOC(=O)Cc1ccc2c(c1)C(C)(C)C(/C=C/C=C/C=C1/N(Cc3cc([N+](=O)[O-])cc([N+](=O)[O-])c3)c3ccc(CC(=O)OCOC(C)=O)cc3C1(C)C)=[N+]2C. The van der Waals surface area contributed by atoms with Gasteiger partial charge in [0.05, 0.1) is 34.2 Å². The standard InChI is InChI=1S/C43H45N4O12/c1-27(48)56-25-58-40(50)21-29-13-15-36-34(19-29)42(3,4)38(44(36)7)11-9-8-10-12-39-43(5,6)35-20-30(22-41(51)59-26-57-28(2)49)14-16-37(35)45(39)24-31-17-32(46(52)53)23-33(18-31)47(54)55/h8-20,23H,21-22,24-26H2,1-7H3/q+1. The number of nitrogens with zero attached hydrogens (tertiary/aromatic N) is 4. The molecule has 3 aromatic carbocycles. The van der Waals surface area contributed by atoms with Crippen LogP contribution in [-0.4, -0.2) is 64.6 Å². The molecule has 16 heteroatoms. The molecule has 0 aromatic heterocycles. The van der Waals surface area contributed by atoms with Crippen LogP contribution in [0, 0.1) is 20.2 Å². The fourth-order valence-electron chi connectivity index (χ4n) is 7.29. The number of hydrogen-bond donors (Lipinski definition) is 0. The van der Waals surface area contributed by atoms with E-state index in [-0.39, 0.29) is 19.4 Å². The number of nitro groups is 2. The Labute approximate surface area is 340 Å². The third kappa shape index (κ3) is 9.95. The highest BCUT2D eigenvalue weighted by Crippen LogP contribution is 2.49. The number of non-ortho nitro benzene ring substituents is 2. The number of ether oxygens (including phenoxy) is 4. The number of hydrogen-bond acceptors (Lipinski definition) is 13. The highest BCUT2D eigenvalue weighted by atomic mass is 16.7. The lowest BCUT2D eigenvalue weighted by atomic mass is 9.80. The Kier molecular flexibility index (Phi) is 12.9. The number of esters is 4. The van der Waals surface area contributed by atoms with Crippen molar-refractivity contribution in [3.05, 3.63) is 139 Å². The lowest BCUT2D eigenvalue weighted by molar-refractivity contribution is -0.401. The van der Waals surface area contributed by atoms with Crippen LogP contribution in [0.1, 0.15) is 69.4 Å². The molecule has 0 radical (unpaired) electrons. The number of anilines is 1. The molecule has 0 amide bonds. The van der Waals surface area contributed by atoms with Crippen molar-refractivity contribution in [3.8, 4) is 0 Å². The van der Waals surface area contributed by atoms with Crippen LogP contribution >= 0.6 is 0 Å². The molecule has 0 atom stereocenters. The average Bonchev–Trinajstić information content (AvgIpc) is 3.47. The van der Waals surface area contributed by atoms with Gasteiger partial charge in [-0.15, -0.1) is 0 Å². The molecule has 0 saturated carbocycles. The molecule has 0 spiro atoms. The highest BCUT2D eigenvalue weighted by Gasteiger charge is 2.43. The third-order valence-corrected chi connectivity index (χ3v) is 10.2. The Bertz CT molecular complexity index is 2320. The van der Waals surface area contributed by atoms with Crippen molar-refractivity contribution in [1.29, 1.82) is 0 Å². The van der Waals surface area contributed by atoms with Gasteiger partial charge in [-0.05, 0) is 54.3 Å². The van der Waals surface area contributed by atoms with Gasteiger partial charge < -0.3 is 23.8 Å². The van der Waals surface area contributed by atoms with Crippen LogP contribution in [0.3, 0.4) is 0 Å². The summed E-state index contributed by atoms with van der Waals surface area (Å²) >= 11 is 0. The third-order valence-electron chi connectivity index (χ3n) is 10.2. The van der Waals surface area contributed by atoms with Gasteiger partial charge in [-0.2, -0.15) is 4.58 Å². The van der Waals surface area contributed by atoms with Gasteiger partial charge in [-0.25, -0.2) is 0 Å². The number of allylic oxidation sites excluding steroid dienone is 6. The Balaban J connectivity index is 1.42. The molecule has 2 aliphatic heterocycles. The molecule has 0 fully saturated rings. The molecule has 59 heavy (non-hydrogen) atoms. The molecule has 0 aliphatic carbocycles. The minimum atomic E-state index is -0.665. The fourth-order valence-corrected chi connectivity index (χ4v) is 7.29. The van der Waals surface area contributed by atoms with E-state index >= 15 is 0 Å². The van der Waals surface area contributed by atoms with Crippen molar-refractivity contribution in [2.45, 2.75) is 71.8 Å². The summed E-state index contributed by atoms with van der Waals surface area (Å²) in [6.45, 7) is 9.74. The van der Waals surface area contributed by atoms with Crippen LogP contribution in [0.25, 0.3) is 0 Å². The second-order valence-electron chi connectivity index (χ2n) is 15.0. The molecule has 3 aromatic rings. The first-order chi connectivity index (χ1) is 27.8. The van der Waals surface area contributed by atoms with E-state index < -0.39 is 69.5 Å². The smallest absolute Gasteiger partial charge is 0.313 e. The van der Waals surface area contributed by atoms with E-state index in [9.17, 15) is 39.4 Å². The maximum Gasteiger partial charge on any atom is 0.313 e. The molecular weight excluding hydrogens is 764 g/mol. The second kappa shape index (κ2) is 17.7. The van der Waals surface area contributed by atoms with Gasteiger partial charge >= 0.3 is 23.9 Å². The Morgan fingerprint density at radius 1 is 0.695 bits per heavy atom. The summed E-state index contributed by atoms with van der Waals surface area (Å²) in [7, 11) is 1.97. The largest absolute Gasteiger partial charge is 0.428 e. The minimum Gasteiger partial charge on any atom is -0.428 e. The number of fused-ring (bicyclic) bond motifs is 2. The van der Waals surface area contributed by atoms with E-state index in [0.29, 0.717) is 11.1 Å². The van der Waals surface area contributed by atoms with Crippen LogP contribution in [-0.2, 0) is 68.3 Å². The summed E-state index contributed by atoms with van der Waals surface area (Å²) in [5.41, 5.74) is 5.24. The quantitative estimate of drug-likeness (QED) is 0.0392. The molecule has 16 nitrogen and oxygen atoms in total. The van der Waals surface area contributed by atoms with Crippen molar-refractivity contribution >= 4 is 52.3 Å². The summed E-state index contributed by atoms with van der Waals surface area (Å²) in [5, 5.41) is 23.5. The molecule has 5 rings (SSSR count). The van der Waals surface area contributed by atoms with E-state index in [1.165, 1.54) is 26.0 Å². The van der Waals surface area contributed by atoms with Crippen molar-refractivity contribution in [2.24, 2.45) is 0 Å². The first kappa shape index (κ1) is 43.2. The molecular formula is C43H45N4O12+. The normalized spacial score (nSPS) is 15.6. The number of rotatable bonds is 15.